The zero-order chi connectivity index (χ0) is 15.8. The number of thiophene rings is 1. The predicted molar refractivity (Wildman–Crippen MR) is 89.1 cm³/mol. The van der Waals surface area contributed by atoms with Crippen molar-refractivity contribution in [3.63, 3.8) is 0 Å². The number of nitrogens with zero attached hydrogens (tertiary/aromatic N) is 3. The van der Waals surface area contributed by atoms with Crippen molar-refractivity contribution in [2.45, 2.75) is 25.7 Å². The second-order valence-electron chi connectivity index (χ2n) is 5.29. The molecule has 23 heavy (non-hydrogen) atoms. The summed E-state index contributed by atoms with van der Waals surface area (Å²) in [4.78, 5) is 12.2. The Kier molecular flexibility index (Phi) is 3.58. The maximum atomic E-state index is 12.2. The monoisotopic (exact) mass is 347 g/mol. The van der Waals surface area contributed by atoms with E-state index in [1.807, 2.05) is 23.8 Å². The van der Waals surface area contributed by atoms with Gasteiger partial charge in [0.25, 0.3) is 0 Å². The van der Waals surface area contributed by atoms with E-state index in [0.717, 1.165) is 29.2 Å². The van der Waals surface area contributed by atoms with E-state index in [-0.39, 0.29) is 6.03 Å². The van der Waals surface area contributed by atoms with Crippen LogP contribution >= 0.6 is 22.7 Å². The fourth-order valence-corrected chi connectivity index (χ4v) is 3.63. The Balaban J connectivity index is 1.45. The van der Waals surface area contributed by atoms with Crippen molar-refractivity contribution in [3.8, 4) is 10.6 Å². The molecule has 118 valence electrons. The minimum Gasteiger partial charge on any atom is -0.359 e. The van der Waals surface area contributed by atoms with Crippen LogP contribution in [-0.4, -0.2) is 21.4 Å². The Morgan fingerprint density at radius 3 is 2.96 bits per heavy atom. The molecular formula is C14H13N5O2S2. The lowest BCUT2D eigenvalue weighted by molar-refractivity contribution is 0.262. The molecular weight excluding hydrogens is 334 g/mol. The standard InChI is InChI=1S/C14H13N5O2S2/c1-7-10(11(21-19-7)8-2-3-8)15-13(20)16-14-18-17-12(23-14)9-4-5-22-6-9/h4-6,8H,2-3H2,1H3,(H2,15,16,18,20). The smallest absolute Gasteiger partial charge is 0.325 e. The molecule has 7 nitrogen and oxygen atoms in total. The predicted octanol–water partition coefficient (Wildman–Crippen LogP) is 4.08. The van der Waals surface area contributed by atoms with Gasteiger partial charge in [0.2, 0.25) is 5.13 Å². The lowest BCUT2D eigenvalue weighted by Crippen LogP contribution is -2.20. The van der Waals surface area contributed by atoms with Gasteiger partial charge in [-0.2, -0.15) is 11.3 Å². The van der Waals surface area contributed by atoms with Crippen LogP contribution in [0.1, 0.15) is 30.2 Å². The van der Waals surface area contributed by atoms with Crippen LogP contribution in [0.15, 0.2) is 21.3 Å². The highest BCUT2D eigenvalue weighted by molar-refractivity contribution is 7.19. The molecule has 0 radical (unpaired) electrons. The number of rotatable bonds is 4. The summed E-state index contributed by atoms with van der Waals surface area (Å²) in [5, 5.41) is 22.7. The number of hydrogen-bond acceptors (Lipinski definition) is 7. The number of nitrogens with one attached hydrogen (secondary N) is 2. The van der Waals surface area contributed by atoms with Crippen molar-refractivity contribution in [1.29, 1.82) is 0 Å². The van der Waals surface area contributed by atoms with Gasteiger partial charge in [-0.3, -0.25) is 5.32 Å². The zero-order valence-corrected chi connectivity index (χ0v) is 13.8. The van der Waals surface area contributed by atoms with Crippen LogP contribution in [-0.2, 0) is 0 Å². The van der Waals surface area contributed by atoms with Crippen molar-refractivity contribution in [3.05, 3.63) is 28.3 Å². The van der Waals surface area contributed by atoms with E-state index in [4.69, 9.17) is 4.52 Å². The van der Waals surface area contributed by atoms with Gasteiger partial charge >= 0.3 is 6.03 Å². The molecule has 0 aromatic carbocycles. The van der Waals surface area contributed by atoms with Gasteiger partial charge in [0.1, 0.15) is 16.4 Å². The Morgan fingerprint density at radius 1 is 1.35 bits per heavy atom. The van der Waals surface area contributed by atoms with E-state index < -0.39 is 0 Å². The average Bonchev–Trinajstić information content (AvgIpc) is 2.93. The van der Waals surface area contributed by atoms with Crippen molar-refractivity contribution in [2.24, 2.45) is 0 Å². The second kappa shape index (κ2) is 5.74. The third kappa shape index (κ3) is 2.97. The molecule has 3 heterocycles. The van der Waals surface area contributed by atoms with E-state index in [9.17, 15) is 4.79 Å². The topological polar surface area (TPSA) is 92.9 Å². The van der Waals surface area contributed by atoms with Crippen LogP contribution in [0.2, 0.25) is 0 Å². The van der Waals surface area contributed by atoms with Gasteiger partial charge in [0.15, 0.2) is 5.76 Å². The minimum absolute atomic E-state index is 0.369. The number of hydrogen-bond donors (Lipinski definition) is 2. The molecule has 1 fully saturated rings. The Morgan fingerprint density at radius 2 is 2.22 bits per heavy atom. The highest BCUT2D eigenvalue weighted by Gasteiger charge is 2.32. The van der Waals surface area contributed by atoms with Crippen molar-refractivity contribution < 1.29 is 9.32 Å². The summed E-state index contributed by atoms with van der Waals surface area (Å²) in [7, 11) is 0. The average molecular weight is 347 g/mol. The van der Waals surface area contributed by atoms with Crippen molar-refractivity contribution in [1.82, 2.24) is 15.4 Å². The molecule has 9 heteroatoms. The lowest BCUT2D eigenvalue weighted by Gasteiger charge is -2.04. The summed E-state index contributed by atoms with van der Waals surface area (Å²) in [5.74, 6) is 1.13. The van der Waals surface area contributed by atoms with Crippen LogP contribution in [0.3, 0.4) is 0 Å². The summed E-state index contributed by atoms with van der Waals surface area (Å²) in [6, 6.07) is 1.60. The van der Waals surface area contributed by atoms with Crippen molar-refractivity contribution >= 4 is 39.5 Å². The third-order valence-corrected chi connectivity index (χ3v) is 5.06. The fourth-order valence-electron chi connectivity index (χ4n) is 2.18. The van der Waals surface area contributed by atoms with Gasteiger partial charge in [0.05, 0.1) is 0 Å². The van der Waals surface area contributed by atoms with Gasteiger partial charge in [-0.1, -0.05) is 16.5 Å². The summed E-state index contributed by atoms with van der Waals surface area (Å²) >= 11 is 2.93. The quantitative estimate of drug-likeness (QED) is 0.741. The largest absolute Gasteiger partial charge is 0.359 e. The zero-order valence-electron chi connectivity index (χ0n) is 12.2. The van der Waals surface area contributed by atoms with Crippen LogP contribution in [0.5, 0.6) is 0 Å². The van der Waals surface area contributed by atoms with Crippen LogP contribution < -0.4 is 10.6 Å². The number of urea groups is 1. The molecule has 3 aromatic rings. The Hall–Kier alpha value is -2.26. The van der Waals surface area contributed by atoms with Crippen LogP contribution in [0.25, 0.3) is 10.6 Å². The molecule has 0 atom stereocenters. The number of amides is 2. The summed E-state index contributed by atoms with van der Waals surface area (Å²) in [6.45, 7) is 1.81. The Labute approximate surface area is 139 Å². The van der Waals surface area contributed by atoms with E-state index in [2.05, 4.69) is 26.0 Å². The van der Waals surface area contributed by atoms with Crippen LogP contribution in [0.4, 0.5) is 15.6 Å². The molecule has 4 rings (SSSR count). The number of aromatic nitrogens is 3. The SMILES string of the molecule is Cc1noc(C2CC2)c1NC(=O)Nc1nnc(-c2ccsc2)s1. The molecule has 3 aromatic heterocycles. The van der Waals surface area contributed by atoms with Crippen LogP contribution in [0, 0.1) is 6.92 Å². The number of anilines is 2. The van der Waals surface area contributed by atoms with Gasteiger partial charge in [-0.25, -0.2) is 4.79 Å². The molecule has 1 aliphatic carbocycles. The van der Waals surface area contributed by atoms with Gasteiger partial charge in [0, 0.05) is 16.9 Å². The van der Waals surface area contributed by atoms with Crippen molar-refractivity contribution in [2.75, 3.05) is 10.6 Å². The van der Waals surface area contributed by atoms with E-state index in [1.165, 1.54) is 11.3 Å². The van der Waals surface area contributed by atoms with E-state index in [1.54, 1.807) is 11.3 Å². The molecule has 0 bridgehead atoms. The van der Waals surface area contributed by atoms with Gasteiger partial charge in [-0.05, 0) is 31.2 Å². The second-order valence-corrected chi connectivity index (χ2v) is 7.04. The first-order valence-electron chi connectivity index (χ1n) is 7.11. The summed E-state index contributed by atoms with van der Waals surface area (Å²) in [6.07, 6.45) is 2.15. The molecule has 1 aliphatic rings. The number of aryl methyl sites for hydroxylation is 1. The molecule has 0 aliphatic heterocycles. The molecule has 1 saturated carbocycles. The summed E-state index contributed by atoms with van der Waals surface area (Å²) < 4.78 is 5.31. The van der Waals surface area contributed by atoms with Gasteiger partial charge < -0.3 is 9.84 Å². The molecule has 2 amide bonds. The third-order valence-electron chi connectivity index (χ3n) is 3.49. The first-order chi connectivity index (χ1) is 11.2. The van der Waals surface area contributed by atoms with Gasteiger partial charge in [-0.15, -0.1) is 10.2 Å². The number of carbonyl (C=O) groups excluding carboxylic acids is 1. The maximum absolute atomic E-state index is 12.2. The van der Waals surface area contributed by atoms with E-state index >= 15 is 0 Å². The highest BCUT2D eigenvalue weighted by Crippen LogP contribution is 2.44. The number of carbonyl (C=O) groups is 1. The minimum atomic E-state index is -0.369. The normalized spacial score (nSPS) is 14.0. The summed E-state index contributed by atoms with van der Waals surface area (Å²) in [5.41, 5.74) is 2.35. The molecule has 0 spiro atoms. The Bertz CT molecular complexity index is 835. The maximum Gasteiger partial charge on any atom is 0.325 e. The first-order valence-corrected chi connectivity index (χ1v) is 8.87. The molecule has 2 N–H and O–H groups in total. The lowest BCUT2D eigenvalue weighted by atomic mass is 10.2. The highest BCUT2D eigenvalue weighted by atomic mass is 32.1. The molecule has 0 unspecified atom stereocenters. The molecule has 0 saturated heterocycles. The van der Waals surface area contributed by atoms with E-state index in [0.29, 0.717) is 22.4 Å². The fraction of sp³-hybridized carbons (Fsp3) is 0.286. The first kappa shape index (κ1) is 14.3.